The van der Waals surface area contributed by atoms with E-state index in [1.54, 1.807) is 18.4 Å². The molecule has 18 heavy (non-hydrogen) atoms. The van der Waals surface area contributed by atoms with E-state index in [1.807, 2.05) is 11.6 Å². The first-order valence-corrected chi connectivity index (χ1v) is 6.85. The highest BCUT2D eigenvalue weighted by atomic mass is 32.1. The highest BCUT2D eigenvalue weighted by Crippen LogP contribution is 2.26. The summed E-state index contributed by atoms with van der Waals surface area (Å²) >= 11 is 1.67. The summed E-state index contributed by atoms with van der Waals surface area (Å²) in [6.07, 6.45) is 1.83. The number of rotatable bonds is 5. The number of nitrogens with one attached hydrogen (secondary N) is 1. The van der Waals surface area contributed by atoms with E-state index < -0.39 is 0 Å². The minimum atomic E-state index is 0.240. The molecule has 1 atom stereocenters. The second kappa shape index (κ2) is 5.98. The molecule has 0 fully saturated rings. The van der Waals surface area contributed by atoms with Crippen LogP contribution in [0.3, 0.4) is 0 Å². The van der Waals surface area contributed by atoms with Crippen LogP contribution in [0.15, 0.2) is 29.8 Å². The van der Waals surface area contributed by atoms with Gasteiger partial charge in [-0.3, -0.25) is 0 Å². The first-order chi connectivity index (χ1) is 8.70. The summed E-state index contributed by atoms with van der Waals surface area (Å²) in [5.41, 5.74) is 2.39. The van der Waals surface area contributed by atoms with E-state index >= 15 is 0 Å². The largest absolute Gasteiger partial charge is 0.496 e. The molecule has 1 unspecified atom stereocenters. The Bertz CT molecular complexity index is 497. The Morgan fingerprint density at radius 2 is 2.28 bits per heavy atom. The average molecular weight is 262 g/mol. The van der Waals surface area contributed by atoms with Crippen molar-refractivity contribution in [3.63, 3.8) is 0 Å². The third-order valence-electron chi connectivity index (χ3n) is 2.90. The lowest BCUT2D eigenvalue weighted by atomic mass is 10.1. The van der Waals surface area contributed by atoms with Crippen LogP contribution in [0.25, 0.3) is 0 Å². The molecule has 2 aromatic rings. The molecule has 0 spiro atoms. The molecule has 1 N–H and O–H groups in total. The lowest BCUT2D eigenvalue weighted by Gasteiger charge is -2.17. The third kappa shape index (κ3) is 3.09. The van der Waals surface area contributed by atoms with Crippen molar-refractivity contribution in [3.05, 3.63) is 45.9 Å². The van der Waals surface area contributed by atoms with Gasteiger partial charge in [-0.15, -0.1) is 11.3 Å². The predicted molar refractivity (Wildman–Crippen MR) is 75.1 cm³/mol. The molecule has 96 valence electrons. The van der Waals surface area contributed by atoms with Gasteiger partial charge in [-0.25, -0.2) is 4.98 Å². The zero-order valence-electron chi connectivity index (χ0n) is 10.9. The van der Waals surface area contributed by atoms with Gasteiger partial charge in [0.2, 0.25) is 0 Å². The van der Waals surface area contributed by atoms with Gasteiger partial charge in [-0.2, -0.15) is 0 Å². The normalized spacial score (nSPS) is 12.4. The predicted octanol–water partition coefficient (Wildman–Crippen LogP) is 3.31. The highest BCUT2D eigenvalue weighted by molar-refractivity contribution is 7.09. The maximum atomic E-state index is 5.43. The molecule has 0 amide bonds. The second-order valence-corrected chi connectivity index (χ2v) is 5.25. The second-order valence-electron chi connectivity index (χ2n) is 4.27. The number of aryl methyl sites for hydroxylation is 1. The number of hydrogen-bond donors (Lipinski definition) is 1. The zero-order valence-corrected chi connectivity index (χ0v) is 11.8. The Hall–Kier alpha value is -1.39. The summed E-state index contributed by atoms with van der Waals surface area (Å²) in [7, 11) is 1.71. The van der Waals surface area contributed by atoms with Crippen LogP contribution in [-0.4, -0.2) is 12.1 Å². The van der Waals surface area contributed by atoms with Crippen molar-refractivity contribution in [2.45, 2.75) is 26.4 Å². The van der Waals surface area contributed by atoms with Crippen LogP contribution in [0.1, 0.15) is 29.1 Å². The van der Waals surface area contributed by atoms with Gasteiger partial charge in [0.25, 0.3) is 0 Å². The Balaban J connectivity index is 2.06. The van der Waals surface area contributed by atoms with Crippen molar-refractivity contribution in [2.75, 3.05) is 7.11 Å². The first-order valence-electron chi connectivity index (χ1n) is 5.97. The summed E-state index contributed by atoms with van der Waals surface area (Å²) in [5, 5.41) is 6.56. The Kier molecular flexibility index (Phi) is 4.33. The van der Waals surface area contributed by atoms with Crippen molar-refractivity contribution >= 4 is 11.3 Å². The smallest absolute Gasteiger partial charge is 0.123 e. The molecule has 0 saturated carbocycles. The number of aromatic nitrogens is 1. The molecule has 1 aromatic carbocycles. The van der Waals surface area contributed by atoms with Crippen LogP contribution < -0.4 is 10.1 Å². The molecular weight excluding hydrogens is 244 g/mol. The first kappa shape index (κ1) is 13.1. The minimum absolute atomic E-state index is 0.240. The molecule has 2 rings (SSSR count). The van der Waals surface area contributed by atoms with Gasteiger partial charge in [0.05, 0.1) is 7.11 Å². The number of thiazole rings is 1. The van der Waals surface area contributed by atoms with Gasteiger partial charge in [0.1, 0.15) is 10.8 Å². The number of nitrogens with zero attached hydrogens (tertiary/aromatic N) is 1. The van der Waals surface area contributed by atoms with Gasteiger partial charge in [-0.1, -0.05) is 12.1 Å². The number of benzene rings is 1. The van der Waals surface area contributed by atoms with E-state index in [0.717, 1.165) is 17.3 Å². The molecule has 0 aliphatic heterocycles. The lowest BCUT2D eigenvalue weighted by molar-refractivity contribution is 0.401. The molecule has 0 aliphatic carbocycles. The minimum Gasteiger partial charge on any atom is -0.496 e. The monoisotopic (exact) mass is 262 g/mol. The zero-order chi connectivity index (χ0) is 13.0. The van der Waals surface area contributed by atoms with Crippen LogP contribution in [-0.2, 0) is 6.54 Å². The topological polar surface area (TPSA) is 34.1 Å². The molecular formula is C14H18N2OS. The van der Waals surface area contributed by atoms with Crippen LogP contribution in [0.2, 0.25) is 0 Å². The molecule has 0 aliphatic rings. The Morgan fingerprint density at radius 3 is 2.94 bits per heavy atom. The van der Waals surface area contributed by atoms with Gasteiger partial charge in [-0.05, 0) is 25.5 Å². The number of ether oxygens (including phenoxy) is 1. The fourth-order valence-corrected chi connectivity index (χ4v) is 2.43. The summed E-state index contributed by atoms with van der Waals surface area (Å²) in [5.74, 6) is 0.939. The summed E-state index contributed by atoms with van der Waals surface area (Å²) < 4.78 is 5.43. The number of hydrogen-bond acceptors (Lipinski definition) is 4. The summed E-state index contributed by atoms with van der Waals surface area (Å²) in [6, 6.07) is 6.54. The average Bonchev–Trinajstić information content (AvgIpc) is 2.88. The molecule has 3 nitrogen and oxygen atoms in total. The Morgan fingerprint density at radius 1 is 1.44 bits per heavy atom. The van der Waals surface area contributed by atoms with E-state index in [4.69, 9.17) is 4.74 Å². The summed E-state index contributed by atoms with van der Waals surface area (Å²) in [6.45, 7) is 5.00. The van der Waals surface area contributed by atoms with Crippen molar-refractivity contribution < 1.29 is 4.74 Å². The van der Waals surface area contributed by atoms with E-state index in [9.17, 15) is 0 Å². The van der Waals surface area contributed by atoms with Gasteiger partial charge in [0.15, 0.2) is 0 Å². The molecule has 0 radical (unpaired) electrons. The fourth-order valence-electron chi connectivity index (χ4n) is 1.87. The lowest BCUT2D eigenvalue weighted by Crippen LogP contribution is -2.18. The van der Waals surface area contributed by atoms with Crippen molar-refractivity contribution in [1.82, 2.24) is 10.3 Å². The van der Waals surface area contributed by atoms with Crippen LogP contribution >= 0.6 is 11.3 Å². The van der Waals surface area contributed by atoms with Crippen LogP contribution in [0.5, 0.6) is 5.75 Å². The van der Waals surface area contributed by atoms with Crippen molar-refractivity contribution in [3.8, 4) is 5.75 Å². The maximum absolute atomic E-state index is 5.43. The number of methoxy groups -OCH3 is 1. The van der Waals surface area contributed by atoms with Crippen molar-refractivity contribution in [1.29, 1.82) is 0 Å². The highest BCUT2D eigenvalue weighted by Gasteiger charge is 2.11. The maximum Gasteiger partial charge on any atom is 0.123 e. The van der Waals surface area contributed by atoms with E-state index in [0.29, 0.717) is 0 Å². The van der Waals surface area contributed by atoms with Crippen molar-refractivity contribution in [2.24, 2.45) is 0 Å². The van der Waals surface area contributed by atoms with Gasteiger partial charge >= 0.3 is 0 Å². The van der Waals surface area contributed by atoms with Gasteiger partial charge in [0, 0.05) is 29.7 Å². The van der Waals surface area contributed by atoms with Gasteiger partial charge < -0.3 is 10.1 Å². The van der Waals surface area contributed by atoms with E-state index in [1.165, 1.54) is 11.1 Å². The van der Waals surface area contributed by atoms with Crippen LogP contribution in [0, 0.1) is 6.92 Å². The SMILES string of the molecule is COc1cc(C)ccc1C(C)NCc1nccs1. The standard InChI is InChI=1S/C14H18N2OS/c1-10-4-5-12(13(8-10)17-3)11(2)16-9-14-15-6-7-18-14/h4-8,11,16H,9H2,1-3H3. The third-order valence-corrected chi connectivity index (χ3v) is 3.68. The molecule has 1 heterocycles. The Labute approximate surface area is 112 Å². The van der Waals surface area contributed by atoms with E-state index in [2.05, 4.69) is 42.3 Å². The molecule has 0 bridgehead atoms. The molecule has 1 aromatic heterocycles. The molecule has 0 saturated heterocycles. The summed E-state index contributed by atoms with van der Waals surface area (Å²) in [4.78, 5) is 4.26. The van der Waals surface area contributed by atoms with E-state index in [-0.39, 0.29) is 6.04 Å². The molecule has 4 heteroatoms. The fraction of sp³-hybridized carbons (Fsp3) is 0.357. The quantitative estimate of drug-likeness (QED) is 0.897. The van der Waals surface area contributed by atoms with Crippen LogP contribution in [0.4, 0.5) is 0 Å².